The zero-order valence-corrected chi connectivity index (χ0v) is 15.0. The van der Waals surface area contributed by atoms with Crippen LogP contribution in [-0.2, 0) is 10.1 Å². The van der Waals surface area contributed by atoms with E-state index in [1.807, 2.05) is 30.3 Å². The molecule has 133 valence electrons. The molecular weight excluding hydrogens is 338 g/mol. The van der Waals surface area contributed by atoms with Crippen molar-refractivity contribution < 1.29 is 17.3 Å². The lowest BCUT2D eigenvalue weighted by Crippen LogP contribution is -2.23. The normalized spacial score (nSPS) is 17.4. The van der Waals surface area contributed by atoms with E-state index in [0.717, 1.165) is 30.3 Å². The van der Waals surface area contributed by atoms with Gasteiger partial charge in [0.15, 0.2) is 0 Å². The molecule has 1 saturated heterocycles. The second-order valence-electron chi connectivity index (χ2n) is 6.18. The second kappa shape index (κ2) is 7.89. The number of rotatable bonds is 7. The molecule has 1 radical (unpaired) electrons. The number of nitrogens with one attached hydrogen (secondary N) is 1. The molecule has 0 aromatic heterocycles. The minimum Gasteiger partial charge on any atom is -0.493 e. The van der Waals surface area contributed by atoms with Gasteiger partial charge in [-0.1, -0.05) is 30.3 Å². The summed E-state index contributed by atoms with van der Waals surface area (Å²) < 4.78 is 33.8. The van der Waals surface area contributed by atoms with E-state index >= 15 is 0 Å². The lowest BCUT2D eigenvalue weighted by atomic mass is 10.1. The van der Waals surface area contributed by atoms with Gasteiger partial charge in [-0.2, -0.15) is 8.42 Å². The Bertz CT molecular complexity index is 799. The Morgan fingerprint density at radius 1 is 1.24 bits per heavy atom. The van der Waals surface area contributed by atoms with Crippen LogP contribution in [0, 0.1) is 6.07 Å². The van der Waals surface area contributed by atoms with E-state index in [1.165, 1.54) is 12.8 Å². The molecule has 0 spiro atoms. The van der Waals surface area contributed by atoms with Gasteiger partial charge in [-0.05, 0) is 43.0 Å². The molecule has 0 aliphatic carbocycles. The van der Waals surface area contributed by atoms with Crippen molar-refractivity contribution >= 4 is 10.1 Å². The van der Waals surface area contributed by atoms with Gasteiger partial charge in [0, 0.05) is 18.2 Å². The minimum atomic E-state index is -3.61. The van der Waals surface area contributed by atoms with Crippen molar-refractivity contribution in [1.29, 1.82) is 0 Å². The van der Waals surface area contributed by atoms with E-state index in [0.29, 0.717) is 18.4 Å². The van der Waals surface area contributed by atoms with Crippen molar-refractivity contribution in [1.82, 2.24) is 5.32 Å². The van der Waals surface area contributed by atoms with Gasteiger partial charge in [0.05, 0.1) is 12.9 Å². The average Bonchev–Trinajstić information content (AvgIpc) is 3.07. The van der Waals surface area contributed by atoms with Gasteiger partial charge in [0.25, 0.3) is 0 Å². The molecule has 2 aromatic rings. The Balaban J connectivity index is 1.79. The van der Waals surface area contributed by atoms with Crippen LogP contribution < -0.4 is 14.2 Å². The minimum absolute atomic E-state index is 0.231. The molecule has 0 bridgehead atoms. The fraction of sp³-hybridized carbons (Fsp3) is 0.368. The van der Waals surface area contributed by atoms with Gasteiger partial charge < -0.3 is 14.2 Å². The molecule has 6 heteroatoms. The summed E-state index contributed by atoms with van der Waals surface area (Å²) in [5.41, 5.74) is 1.65. The monoisotopic (exact) mass is 360 g/mol. The first-order chi connectivity index (χ1) is 12.0. The van der Waals surface area contributed by atoms with Crippen molar-refractivity contribution in [3.63, 3.8) is 0 Å². The van der Waals surface area contributed by atoms with Crippen LogP contribution in [0.1, 0.15) is 19.3 Å². The van der Waals surface area contributed by atoms with Crippen molar-refractivity contribution in [3.8, 4) is 22.6 Å². The molecule has 1 N–H and O–H groups in total. The van der Waals surface area contributed by atoms with Gasteiger partial charge in [0.1, 0.15) is 11.5 Å². The highest BCUT2D eigenvalue weighted by Crippen LogP contribution is 2.30. The van der Waals surface area contributed by atoms with E-state index in [-0.39, 0.29) is 5.75 Å². The molecule has 1 fully saturated rings. The number of ether oxygens (including phenoxy) is 1. The molecule has 1 unspecified atom stereocenters. The molecule has 1 atom stereocenters. The van der Waals surface area contributed by atoms with Crippen LogP contribution in [0.4, 0.5) is 0 Å². The van der Waals surface area contributed by atoms with E-state index in [2.05, 4.69) is 11.4 Å². The predicted molar refractivity (Wildman–Crippen MR) is 97.3 cm³/mol. The summed E-state index contributed by atoms with van der Waals surface area (Å²) >= 11 is 0. The SMILES string of the molecule is CS(=O)(=O)Oc1cc(OCCC2CCCN2)[c]c(-c2ccccc2)c1. The number of hydrogen-bond acceptors (Lipinski definition) is 5. The highest BCUT2D eigenvalue weighted by Gasteiger charge is 2.14. The standard InChI is InChI=1S/C19H22NO4S/c1-25(21,22)24-19-13-16(15-6-3-2-4-7-15)12-18(14-19)23-11-9-17-8-5-10-20-17/h2-4,6-7,13-14,17,20H,5,8-11H2,1H3. The van der Waals surface area contributed by atoms with Crippen molar-refractivity contribution in [2.75, 3.05) is 19.4 Å². The molecule has 5 nitrogen and oxygen atoms in total. The van der Waals surface area contributed by atoms with Gasteiger partial charge in [-0.3, -0.25) is 0 Å². The third kappa shape index (κ3) is 5.47. The van der Waals surface area contributed by atoms with Gasteiger partial charge in [0.2, 0.25) is 0 Å². The zero-order chi connectivity index (χ0) is 17.7. The maximum atomic E-state index is 11.5. The first kappa shape index (κ1) is 17.8. The maximum Gasteiger partial charge on any atom is 0.306 e. The molecule has 3 rings (SSSR count). The van der Waals surface area contributed by atoms with E-state index in [4.69, 9.17) is 8.92 Å². The smallest absolute Gasteiger partial charge is 0.306 e. The lowest BCUT2D eigenvalue weighted by molar-refractivity contribution is 0.291. The van der Waals surface area contributed by atoms with E-state index in [9.17, 15) is 8.42 Å². The van der Waals surface area contributed by atoms with Crippen LogP contribution in [0.3, 0.4) is 0 Å². The summed E-state index contributed by atoms with van der Waals surface area (Å²) in [6.07, 6.45) is 4.30. The lowest BCUT2D eigenvalue weighted by Gasteiger charge is -2.13. The van der Waals surface area contributed by atoms with E-state index < -0.39 is 10.1 Å². The summed E-state index contributed by atoms with van der Waals surface area (Å²) in [5.74, 6) is 0.715. The fourth-order valence-corrected chi connectivity index (χ4v) is 3.35. The zero-order valence-electron chi connectivity index (χ0n) is 14.2. The van der Waals surface area contributed by atoms with Crippen LogP contribution in [0.15, 0.2) is 42.5 Å². The Hall–Kier alpha value is -2.05. The van der Waals surface area contributed by atoms with Crippen LogP contribution in [-0.4, -0.2) is 33.9 Å². The summed E-state index contributed by atoms with van der Waals surface area (Å²) in [7, 11) is -3.61. The van der Waals surface area contributed by atoms with Crippen LogP contribution in [0.2, 0.25) is 0 Å². The summed E-state index contributed by atoms with van der Waals surface area (Å²) in [6, 6.07) is 16.5. The molecule has 0 saturated carbocycles. The first-order valence-electron chi connectivity index (χ1n) is 8.38. The highest BCUT2D eigenvalue weighted by atomic mass is 32.2. The van der Waals surface area contributed by atoms with Gasteiger partial charge in [-0.25, -0.2) is 0 Å². The van der Waals surface area contributed by atoms with Crippen molar-refractivity contribution in [3.05, 3.63) is 48.5 Å². The maximum absolute atomic E-state index is 11.5. The molecular formula is C19H22NO4S. The third-order valence-electron chi connectivity index (χ3n) is 4.04. The first-order valence-corrected chi connectivity index (χ1v) is 10.2. The molecule has 1 heterocycles. The van der Waals surface area contributed by atoms with Crippen molar-refractivity contribution in [2.45, 2.75) is 25.3 Å². The molecule has 0 amide bonds. The summed E-state index contributed by atoms with van der Waals surface area (Å²) in [6.45, 7) is 1.61. The predicted octanol–water partition coefficient (Wildman–Crippen LogP) is 3.01. The molecule has 2 aromatic carbocycles. The quantitative estimate of drug-likeness (QED) is 0.769. The fourth-order valence-electron chi connectivity index (χ4n) is 2.91. The van der Waals surface area contributed by atoms with Crippen LogP contribution in [0.25, 0.3) is 11.1 Å². The van der Waals surface area contributed by atoms with E-state index in [1.54, 1.807) is 12.1 Å². The van der Waals surface area contributed by atoms with Crippen molar-refractivity contribution in [2.24, 2.45) is 0 Å². The molecule has 1 aliphatic heterocycles. The Labute approximate surface area is 149 Å². The summed E-state index contributed by atoms with van der Waals surface area (Å²) in [4.78, 5) is 0. The summed E-state index contributed by atoms with van der Waals surface area (Å²) in [5, 5.41) is 3.43. The largest absolute Gasteiger partial charge is 0.493 e. The van der Waals surface area contributed by atoms with Gasteiger partial charge >= 0.3 is 10.1 Å². The van der Waals surface area contributed by atoms with Crippen LogP contribution >= 0.6 is 0 Å². The topological polar surface area (TPSA) is 64.6 Å². The highest BCUT2D eigenvalue weighted by molar-refractivity contribution is 7.86. The number of benzene rings is 2. The third-order valence-corrected chi connectivity index (χ3v) is 4.53. The Morgan fingerprint density at radius 2 is 2.04 bits per heavy atom. The average molecular weight is 360 g/mol. The van der Waals surface area contributed by atoms with Crippen LogP contribution in [0.5, 0.6) is 11.5 Å². The molecule has 1 aliphatic rings. The second-order valence-corrected chi connectivity index (χ2v) is 7.75. The molecule has 25 heavy (non-hydrogen) atoms. The number of hydrogen-bond donors (Lipinski definition) is 1. The Kier molecular flexibility index (Phi) is 5.60. The van der Waals surface area contributed by atoms with Gasteiger partial charge in [-0.15, -0.1) is 0 Å². The Morgan fingerprint density at radius 3 is 2.72 bits per heavy atom.